The molecule has 4 heteroatoms. The highest BCUT2D eigenvalue weighted by molar-refractivity contribution is 4.79. The molecule has 2 heterocycles. The first-order valence-electron chi connectivity index (χ1n) is 7.97. The van der Waals surface area contributed by atoms with Crippen molar-refractivity contribution in [3.8, 4) is 0 Å². The molecular weight excluding hydrogens is 238 g/mol. The number of hydrogen-bond donors (Lipinski definition) is 1. The molecule has 2 aliphatic heterocycles. The van der Waals surface area contributed by atoms with E-state index in [1.807, 2.05) is 0 Å². The number of likely N-dealkylation sites (tertiary alicyclic amines) is 2. The molecule has 1 atom stereocenters. The fraction of sp³-hybridized carbons (Fsp3) is 1.00. The Morgan fingerprint density at radius 2 is 1.79 bits per heavy atom. The summed E-state index contributed by atoms with van der Waals surface area (Å²) in [4.78, 5) is 5.20. The maximum atomic E-state index is 6.13. The van der Waals surface area contributed by atoms with E-state index in [9.17, 15) is 0 Å². The molecular formula is C15H31N3O. The number of methoxy groups -OCH3 is 1. The summed E-state index contributed by atoms with van der Waals surface area (Å²) >= 11 is 0. The summed E-state index contributed by atoms with van der Waals surface area (Å²) in [5.74, 6) is 0.921. The lowest BCUT2D eigenvalue weighted by Crippen LogP contribution is -2.44. The van der Waals surface area contributed by atoms with Crippen LogP contribution in [0.2, 0.25) is 0 Å². The minimum Gasteiger partial charge on any atom is -0.385 e. The van der Waals surface area contributed by atoms with Crippen LogP contribution in [-0.2, 0) is 4.74 Å². The SMILES string of the molecule is COCCC(N)CN1CCC(CN2CCCC2)CC1. The summed E-state index contributed by atoms with van der Waals surface area (Å²) < 4.78 is 5.09. The van der Waals surface area contributed by atoms with Crippen LogP contribution >= 0.6 is 0 Å². The molecule has 0 aliphatic carbocycles. The fourth-order valence-electron chi connectivity index (χ4n) is 3.37. The third kappa shape index (κ3) is 5.38. The highest BCUT2D eigenvalue weighted by Crippen LogP contribution is 2.20. The van der Waals surface area contributed by atoms with Gasteiger partial charge in [0.1, 0.15) is 0 Å². The first-order chi connectivity index (χ1) is 9.28. The van der Waals surface area contributed by atoms with Crippen molar-refractivity contribution in [1.82, 2.24) is 9.80 Å². The van der Waals surface area contributed by atoms with Crippen molar-refractivity contribution in [2.24, 2.45) is 11.7 Å². The van der Waals surface area contributed by atoms with Crippen molar-refractivity contribution in [3.05, 3.63) is 0 Å². The molecule has 2 rings (SSSR count). The van der Waals surface area contributed by atoms with E-state index in [1.165, 1.54) is 58.4 Å². The number of nitrogens with two attached hydrogens (primary N) is 1. The second-order valence-corrected chi connectivity index (χ2v) is 6.29. The molecule has 2 saturated heterocycles. The van der Waals surface area contributed by atoms with Gasteiger partial charge in [0.25, 0.3) is 0 Å². The van der Waals surface area contributed by atoms with E-state index in [0.29, 0.717) is 0 Å². The number of nitrogens with zero attached hydrogens (tertiary/aromatic N) is 2. The van der Waals surface area contributed by atoms with Gasteiger partial charge in [0.05, 0.1) is 0 Å². The number of ether oxygens (including phenoxy) is 1. The minimum atomic E-state index is 0.273. The summed E-state index contributed by atoms with van der Waals surface area (Å²) in [6.45, 7) is 8.30. The molecule has 1 unspecified atom stereocenters. The average Bonchev–Trinajstić information content (AvgIpc) is 2.91. The van der Waals surface area contributed by atoms with Crippen LogP contribution in [0.25, 0.3) is 0 Å². The van der Waals surface area contributed by atoms with Crippen LogP contribution in [0.1, 0.15) is 32.1 Å². The summed E-state index contributed by atoms with van der Waals surface area (Å²) in [6.07, 6.45) is 6.51. The molecule has 0 aromatic heterocycles. The Bertz CT molecular complexity index is 236. The molecule has 0 saturated carbocycles. The lowest BCUT2D eigenvalue weighted by molar-refractivity contribution is 0.136. The van der Waals surface area contributed by atoms with E-state index in [1.54, 1.807) is 7.11 Å². The Hall–Kier alpha value is -0.160. The Labute approximate surface area is 118 Å². The zero-order valence-electron chi connectivity index (χ0n) is 12.5. The summed E-state index contributed by atoms with van der Waals surface area (Å²) in [6, 6.07) is 0.273. The lowest BCUT2D eigenvalue weighted by atomic mass is 9.96. The Morgan fingerprint density at radius 3 is 2.42 bits per heavy atom. The third-order valence-electron chi connectivity index (χ3n) is 4.61. The first kappa shape index (κ1) is 15.2. The number of rotatable bonds is 7. The Morgan fingerprint density at radius 1 is 1.11 bits per heavy atom. The largest absolute Gasteiger partial charge is 0.385 e. The van der Waals surface area contributed by atoms with Gasteiger partial charge < -0.3 is 20.3 Å². The maximum absolute atomic E-state index is 6.13. The van der Waals surface area contributed by atoms with Crippen LogP contribution in [0, 0.1) is 5.92 Å². The van der Waals surface area contributed by atoms with Crippen LogP contribution in [0.5, 0.6) is 0 Å². The first-order valence-corrected chi connectivity index (χ1v) is 7.97. The predicted octanol–water partition coefficient (Wildman–Crippen LogP) is 1.16. The predicted molar refractivity (Wildman–Crippen MR) is 79.3 cm³/mol. The van der Waals surface area contributed by atoms with Gasteiger partial charge in [0, 0.05) is 32.8 Å². The van der Waals surface area contributed by atoms with E-state index in [4.69, 9.17) is 10.5 Å². The van der Waals surface area contributed by atoms with Gasteiger partial charge in [-0.2, -0.15) is 0 Å². The average molecular weight is 269 g/mol. The van der Waals surface area contributed by atoms with Gasteiger partial charge in [-0.05, 0) is 64.2 Å². The molecule has 2 fully saturated rings. The van der Waals surface area contributed by atoms with Gasteiger partial charge in [-0.1, -0.05) is 0 Å². The molecule has 0 bridgehead atoms. The van der Waals surface area contributed by atoms with Crippen LogP contribution in [0.15, 0.2) is 0 Å². The highest BCUT2D eigenvalue weighted by atomic mass is 16.5. The van der Waals surface area contributed by atoms with Crippen LogP contribution < -0.4 is 5.73 Å². The molecule has 0 radical (unpaired) electrons. The monoisotopic (exact) mass is 269 g/mol. The maximum Gasteiger partial charge on any atom is 0.0477 e. The van der Waals surface area contributed by atoms with Crippen molar-refractivity contribution in [2.45, 2.75) is 38.1 Å². The second-order valence-electron chi connectivity index (χ2n) is 6.29. The third-order valence-corrected chi connectivity index (χ3v) is 4.61. The van der Waals surface area contributed by atoms with E-state index >= 15 is 0 Å². The van der Waals surface area contributed by atoms with Gasteiger partial charge in [0.2, 0.25) is 0 Å². The van der Waals surface area contributed by atoms with E-state index < -0.39 is 0 Å². The van der Waals surface area contributed by atoms with E-state index in [2.05, 4.69) is 9.80 Å². The summed E-state index contributed by atoms with van der Waals surface area (Å²) in [7, 11) is 1.75. The van der Waals surface area contributed by atoms with Gasteiger partial charge in [0.15, 0.2) is 0 Å². The smallest absolute Gasteiger partial charge is 0.0477 e. The molecule has 2 aliphatic rings. The molecule has 2 N–H and O–H groups in total. The van der Waals surface area contributed by atoms with Crippen molar-refractivity contribution in [1.29, 1.82) is 0 Å². The standard InChI is InChI=1S/C15H31N3O/c1-19-11-6-15(16)13-18-9-4-14(5-10-18)12-17-7-2-3-8-17/h14-15H,2-13,16H2,1H3. The fourth-order valence-corrected chi connectivity index (χ4v) is 3.37. The van der Waals surface area contributed by atoms with Crippen molar-refractivity contribution in [2.75, 3.05) is 53.0 Å². The van der Waals surface area contributed by atoms with Gasteiger partial charge in [-0.3, -0.25) is 0 Å². The normalized spacial score (nSPS) is 24.9. The van der Waals surface area contributed by atoms with Crippen molar-refractivity contribution >= 4 is 0 Å². The van der Waals surface area contributed by atoms with Crippen molar-refractivity contribution in [3.63, 3.8) is 0 Å². The number of piperidine rings is 1. The van der Waals surface area contributed by atoms with Gasteiger partial charge in [-0.15, -0.1) is 0 Å². The molecule has 0 amide bonds. The molecule has 19 heavy (non-hydrogen) atoms. The lowest BCUT2D eigenvalue weighted by Gasteiger charge is -2.35. The number of hydrogen-bond acceptors (Lipinski definition) is 4. The zero-order valence-corrected chi connectivity index (χ0v) is 12.5. The topological polar surface area (TPSA) is 41.7 Å². The molecule has 0 aromatic carbocycles. The Kier molecular flexibility index (Phi) is 6.57. The van der Waals surface area contributed by atoms with Crippen molar-refractivity contribution < 1.29 is 4.74 Å². The van der Waals surface area contributed by atoms with E-state index in [-0.39, 0.29) is 6.04 Å². The molecule has 4 nitrogen and oxygen atoms in total. The van der Waals surface area contributed by atoms with E-state index in [0.717, 1.165) is 25.5 Å². The van der Waals surface area contributed by atoms with Gasteiger partial charge in [-0.25, -0.2) is 0 Å². The Balaban J connectivity index is 1.59. The molecule has 112 valence electrons. The molecule has 0 aromatic rings. The quantitative estimate of drug-likeness (QED) is 0.753. The van der Waals surface area contributed by atoms with Gasteiger partial charge >= 0.3 is 0 Å². The highest BCUT2D eigenvalue weighted by Gasteiger charge is 2.23. The second kappa shape index (κ2) is 8.20. The van der Waals surface area contributed by atoms with Crippen LogP contribution in [-0.4, -0.2) is 68.8 Å². The summed E-state index contributed by atoms with van der Waals surface area (Å²) in [5.41, 5.74) is 6.13. The molecule has 0 spiro atoms. The minimum absolute atomic E-state index is 0.273. The zero-order chi connectivity index (χ0) is 13.5. The van der Waals surface area contributed by atoms with Crippen LogP contribution in [0.4, 0.5) is 0 Å². The summed E-state index contributed by atoms with van der Waals surface area (Å²) in [5, 5.41) is 0. The van der Waals surface area contributed by atoms with Crippen LogP contribution in [0.3, 0.4) is 0 Å².